The molecule has 2 N–H and O–H groups in total. The number of aromatic hydroxyl groups is 1. The van der Waals surface area contributed by atoms with Gasteiger partial charge in [0, 0.05) is 12.5 Å². The van der Waals surface area contributed by atoms with E-state index in [1.54, 1.807) is 6.07 Å². The van der Waals surface area contributed by atoms with Gasteiger partial charge in [0.2, 0.25) is 0 Å². The standard InChI is InChI=1S/C16H23NO3/c1-2-20-16(19)7-4-10-17-15-6-3-5-12-11-13(18)8-9-14(12)15/h8-9,11,15,17-18H,2-7,10H2,1H3. The number of esters is 1. The van der Waals surface area contributed by atoms with Gasteiger partial charge in [-0.15, -0.1) is 0 Å². The van der Waals surface area contributed by atoms with Crippen molar-refractivity contribution in [2.75, 3.05) is 13.2 Å². The van der Waals surface area contributed by atoms with Gasteiger partial charge < -0.3 is 15.2 Å². The number of ether oxygens (including phenoxy) is 1. The first-order chi connectivity index (χ1) is 9.70. The van der Waals surface area contributed by atoms with Gasteiger partial charge in [0.15, 0.2) is 0 Å². The highest BCUT2D eigenvalue weighted by Gasteiger charge is 2.19. The highest BCUT2D eigenvalue weighted by molar-refractivity contribution is 5.69. The summed E-state index contributed by atoms with van der Waals surface area (Å²) < 4.78 is 4.91. The fraction of sp³-hybridized carbons (Fsp3) is 0.562. The van der Waals surface area contributed by atoms with Gasteiger partial charge in [0.25, 0.3) is 0 Å². The molecule has 4 nitrogen and oxygen atoms in total. The first kappa shape index (κ1) is 14.9. The average molecular weight is 277 g/mol. The number of carbonyl (C=O) groups is 1. The maximum Gasteiger partial charge on any atom is 0.305 e. The van der Waals surface area contributed by atoms with Crippen molar-refractivity contribution < 1.29 is 14.6 Å². The second-order valence-corrected chi connectivity index (χ2v) is 5.19. The molecule has 0 aliphatic heterocycles. The zero-order chi connectivity index (χ0) is 14.4. The Labute approximate surface area is 120 Å². The zero-order valence-electron chi connectivity index (χ0n) is 12.0. The van der Waals surface area contributed by atoms with Crippen LogP contribution >= 0.6 is 0 Å². The van der Waals surface area contributed by atoms with Gasteiger partial charge in [0.05, 0.1) is 6.61 Å². The number of phenols is 1. The molecule has 1 aliphatic rings. The predicted molar refractivity (Wildman–Crippen MR) is 77.7 cm³/mol. The lowest BCUT2D eigenvalue weighted by Gasteiger charge is -2.26. The van der Waals surface area contributed by atoms with Crippen molar-refractivity contribution in [2.24, 2.45) is 0 Å². The summed E-state index contributed by atoms with van der Waals surface area (Å²) in [5, 5.41) is 13.0. The molecule has 20 heavy (non-hydrogen) atoms. The third-order valence-electron chi connectivity index (χ3n) is 3.69. The quantitative estimate of drug-likeness (QED) is 0.620. The van der Waals surface area contributed by atoms with Crippen LogP contribution in [0.25, 0.3) is 0 Å². The summed E-state index contributed by atoms with van der Waals surface area (Å²) in [4.78, 5) is 11.3. The SMILES string of the molecule is CCOC(=O)CCCNC1CCCc2cc(O)ccc21. The van der Waals surface area contributed by atoms with Crippen LogP contribution < -0.4 is 5.32 Å². The van der Waals surface area contributed by atoms with E-state index in [-0.39, 0.29) is 5.97 Å². The molecular formula is C16H23NO3. The molecule has 0 amide bonds. The molecule has 0 aromatic heterocycles. The number of carbonyl (C=O) groups excluding carboxylic acids is 1. The number of phenolic OH excluding ortho intramolecular Hbond substituents is 1. The van der Waals surface area contributed by atoms with E-state index in [1.165, 1.54) is 11.1 Å². The van der Waals surface area contributed by atoms with Gasteiger partial charge in [-0.3, -0.25) is 4.79 Å². The Kier molecular flexibility index (Phi) is 5.41. The van der Waals surface area contributed by atoms with E-state index in [1.807, 2.05) is 19.1 Å². The zero-order valence-corrected chi connectivity index (χ0v) is 12.0. The Morgan fingerprint density at radius 3 is 3.15 bits per heavy atom. The lowest BCUT2D eigenvalue weighted by atomic mass is 9.87. The van der Waals surface area contributed by atoms with Crippen LogP contribution in [-0.2, 0) is 16.0 Å². The topological polar surface area (TPSA) is 58.6 Å². The average Bonchev–Trinajstić information content (AvgIpc) is 2.43. The molecule has 4 heteroatoms. The van der Waals surface area contributed by atoms with E-state index in [0.717, 1.165) is 32.2 Å². The van der Waals surface area contributed by atoms with Crippen LogP contribution in [0.1, 0.15) is 49.8 Å². The third kappa shape index (κ3) is 3.97. The van der Waals surface area contributed by atoms with Crippen LogP contribution in [0.4, 0.5) is 0 Å². The number of hydrogen-bond donors (Lipinski definition) is 2. The molecule has 1 aromatic carbocycles. The number of benzene rings is 1. The molecule has 0 radical (unpaired) electrons. The van der Waals surface area contributed by atoms with Crippen molar-refractivity contribution >= 4 is 5.97 Å². The summed E-state index contributed by atoms with van der Waals surface area (Å²) in [6, 6.07) is 5.95. The van der Waals surface area contributed by atoms with E-state index in [2.05, 4.69) is 5.32 Å². The molecule has 1 aromatic rings. The van der Waals surface area contributed by atoms with Crippen molar-refractivity contribution in [1.29, 1.82) is 0 Å². The highest BCUT2D eigenvalue weighted by Crippen LogP contribution is 2.31. The molecule has 1 atom stereocenters. The number of rotatable bonds is 6. The number of nitrogens with one attached hydrogen (secondary N) is 1. The van der Waals surface area contributed by atoms with E-state index >= 15 is 0 Å². The summed E-state index contributed by atoms with van der Waals surface area (Å²) in [7, 11) is 0. The Bertz CT molecular complexity index is 459. The summed E-state index contributed by atoms with van der Waals surface area (Å²) in [6.07, 6.45) is 4.53. The van der Waals surface area contributed by atoms with E-state index in [9.17, 15) is 9.90 Å². The number of hydrogen-bond acceptors (Lipinski definition) is 4. The Balaban J connectivity index is 1.82. The van der Waals surface area contributed by atoms with Crippen molar-refractivity contribution in [3.63, 3.8) is 0 Å². The van der Waals surface area contributed by atoms with Crippen LogP contribution in [0.15, 0.2) is 18.2 Å². The minimum Gasteiger partial charge on any atom is -0.508 e. The molecule has 0 spiro atoms. The van der Waals surface area contributed by atoms with Crippen molar-refractivity contribution in [3.05, 3.63) is 29.3 Å². The third-order valence-corrected chi connectivity index (χ3v) is 3.69. The normalized spacial score (nSPS) is 17.6. The second kappa shape index (κ2) is 7.29. The number of aryl methyl sites for hydroxylation is 1. The molecule has 0 saturated heterocycles. The molecule has 0 heterocycles. The Morgan fingerprint density at radius 1 is 1.50 bits per heavy atom. The minimum atomic E-state index is -0.122. The maximum absolute atomic E-state index is 11.3. The molecule has 1 aliphatic carbocycles. The fourth-order valence-corrected chi connectivity index (χ4v) is 2.75. The Morgan fingerprint density at radius 2 is 2.35 bits per heavy atom. The summed E-state index contributed by atoms with van der Waals surface area (Å²) in [5.41, 5.74) is 2.52. The van der Waals surface area contributed by atoms with Crippen LogP contribution in [0.5, 0.6) is 5.75 Å². The summed E-state index contributed by atoms with van der Waals surface area (Å²) >= 11 is 0. The fourth-order valence-electron chi connectivity index (χ4n) is 2.75. The molecule has 0 bridgehead atoms. The summed E-state index contributed by atoms with van der Waals surface area (Å²) in [6.45, 7) is 3.08. The van der Waals surface area contributed by atoms with Gasteiger partial charge in [-0.05, 0) is 62.4 Å². The van der Waals surface area contributed by atoms with E-state index in [4.69, 9.17) is 4.74 Å². The van der Waals surface area contributed by atoms with Crippen LogP contribution in [0, 0.1) is 0 Å². The first-order valence-electron chi connectivity index (χ1n) is 7.41. The lowest BCUT2D eigenvalue weighted by molar-refractivity contribution is -0.143. The molecule has 0 saturated carbocycles. The lowest BCUT2D eigenvalue weighted by Crippen LogP contribution is -2.26. The second-order valence-electron chi connectivity index (χ2n) is 5.19. The van der Waals surface area contributed by atoms with E-state index in [0.29, 0.717) is 24.8 Å². The van der Waals surface area contributed by atoms with Gasteiger partial charge in [-0.25, -0.2) is 0 Å². The molecule has 2 rings (SSSR count). The highest BCUT2D eigenvalue weighted by atomic mass is 16.5. The van der Waals surface area contributed by atoms with Gasteiger partial charge in [-0.1, -0.05) is 6.07 Å². The van der Waals surface area contributed by atoms with Gasteiger partial charge in [0.1, 0.15) is 5.75 Å². The Hall–Kier alpha value is -1.55. The molecule has 110 valence electrons. The largest absolute Gasteiger partial charge is 0.508 e. The van der Waals surface area contributed by atoms with Gasteiger partial charge in [-0.2, -0.15) is 0 Å². The van der Waals surface area contributed by atoms with Crippen LogP contribution in [0.2, 0.25) is 0 Å². The van der Waals surface area contributed by atoms with E-state index < -0.39 is 0 Å². The molecular weight excluding hydrogens is 254 g/mol. The maximum atomic E-state index is 11.3. The molecule has 1 unspecified atom stereocenters. The monoisotopic (exact) mass is 277 g/mol. The van der Waals surface area contributed by atoms with Crippen LogP contribution in [0.3, 0.4) is 0 Å². The summed E-state index contributed by atoms with van der Waals surface area (Å²) in [5.74, 6) is 0.218. The smallest absolute Gasteiger partial charge is 0.305 e. The van der Waals surface area contributed by atoms with Gasteiger partial charge >= 0.3 is 5.97 Å². The van der Waals surface area contributed by atoms with Crippen LogP contribution in [-0.4, -0.2) is 24.2 Å². The predicted octanol–water partition coefficient (Wildman–Crippen LogP) is 2.70. The molecule has 0 fully saturated rings. The minimum absolute atomic E-state index is 0.122. The van der Waals surface area contributed by atoms with Crippen molar-refractivity contribution in [1.82, 2.24) is 5.32 Å². The van der Waals surface area contributed by atoms with Crippen molar-refractivity contribution in [3.8, 4) is 5.75 Å². The van der Waals surface area contributed by atoms with Crippen molar-refractivity contribution in [2.45, 2.75) is 45.1 Å². The first-order valence-corrected chi connectivity index (χ1v) is 7.41. The number of fused-ring (bicyclic) bond motifs is 1.